The number of oxime groups is 1. The predicted molar refractivity (Wildman–Crippen MR) is 186 cm³/mol. The van der Waals surface area contributed by atoms with Gasteiger partial charge in [-0.25, -0.2) is 4.79 Å². The molecule has 1 saturated carbocycles. The van der Waals surface area contributed by atoms with E-state index in [2.05, 4.69) is 23.6 Å². The Bertz CT molecular complexity index is 1940. The number of carbonyl (C=O) groups excluding carboxylic acids is 3. The summed E-state index contributed by atoms with van der Waals surface area (Å²) in [6, 6.07) is 25.5. The van der Waals surface area contributed by atoms with E-state index >= 15 is 0 Å². The number of ketones is 2. The van der Waals surface area contributed by atoms with Crippen LogP contribution >= 0.6 is 0 Å². The lowest BCUT2D eigenvalue weighted by atomic mass is 9.83. The van der Waals surface area contributed by atoms with Crippen molar-refractivity contribution in [2.75, 3.05) is 0 Å². The van der Waals surface area contributed by atoms with Crippen LogP contribution in [-0.2, 0) is 22.6 Å². The highest BCUT2D eigenvalue weighted by atomic mass is 16.7. The van der Waals surface area contributed by atoms with Crippen LogP contribution in [0.3, 0.4) is 0 Å². The molecule has 0 radical (unpaired) electrons. The van der Waals surface area contributed by atoms with Gasteiger partial charge < -0.3 is 9.40 Å². The van der Waals surface area contributed by atoms with Crippen LogP contribution in [0.25, 0.3) is 32.6 Å². The molecule has 0 bridgehead atoms. The molecule has 0 N–H and O–H groups in total. The topological polar surface area (TPSA) is 77.7 Å². The van der Waals surface area contributed by atoms with Crippen LogP contribution in [0.1, 0.15) is 97.9 Å². The van der Waals surface area contributed by atoms with Crippen LogP contribution in [0.5, 0.6) is 0 Å². The fourth-order valence-electron chi connectivity index (χ4n) is 6.99. The van der Waals surface area contributed by atoms with E-state index in [1.807, 2.05) is 78.9 Å². The largest absolute Gasteiger partial charge is 0.341 e. The molecule has 46 heavy (non-hydrogen) atoms. The van der Waals surface area contributed by atoms with Gasteiger partial charge >= 0.3 is 5.97 Å². The number of fused-ring (bicyclic) bond motifs is 4. The molecular weight excluding hydrogens is 572 g/mol. The van der Waals surface area contributed by atoms with Gasteiger partial charge in [0.05, 0.1) is 6.42 Å². The van der Waals surface area contributed by atoms with E-state index in [1.165, 1.54) is 6.42 Å². The third-order valence-corrected chi connectivity index (χ3v) is 9.46. The standard InChI is InChI=1S/C40H42N2O4/c1-3-5-7-19-35(41-46-38(43)26-29-17-12-16-27-13-10-11-18-32(27)29)40(45)31-21-23-37-34(25-31)33-24-30(20-22-36(33)42(37)4-2)39(44)28-14-8-6-9-15-28/h10-13,16-18,20-25,28H,3-9,14-15,19,26H2,1-2H3. The van der Waals surface area contributed by atoms with E-state index in [-0.39, 0.29) is 29.6 Å². The molecule has 0 unspecified atom stereocenters. The maximum Gasteiger partial charge on any atom is 0.339 e. The van der Waals surface area contributed by atoms with Gasteiger partial charge in [-0.05, 0) is 85.3 Å². The van der Waals surface area contributed by atoms with Crippen molar-refractivity contribution >= 4 is 55.8 Å². The highest BCUT2D eigenvalue weighted by Gasteiger charge is 2.24. The fourth-order valence-corrected chi connectivity index (χ4v) is 6.99. The Kier molecular flexibility index (Phi) is 9.72. The molecule has 6 heteroatoms. The lowest BCUT2D eigenvalue weighted by molar-refractivity contribution is -0.142. The van der Waals surface area contributed by atoms with Crippen molar-refractivity contribution in [3.05, 3.63) is 95.6 Å². The van der Waals surface area contributed by atoms with Crippen LogP contribution in [0, 0.1) is 5.92 Å². The van der Waals surface area contributed by atoms with Crippen molar-refractivity contribution in [1.29, 1.82) is 0 Å². The Morgan fingerprint density at radius 2 is 1.48 bits per heavy atom. The molecule has 6 rings (SSSR count). The Balaban J connectivity index is 1.30. The van der Waals surface area contributed by atoms with Crippen molar-refractivity contribution in [2.45, 2.75) is 84.6 Å². The molecule has 0 atom stereocenters. The Labute approximate surface area is 270 Å². The van der Waals surface area contributed by atoms with Crippen molar-refractivity contribution < 1.29 is 19.2 Å². The lowest BCUT2D eigenvalue weighted by Gasteiger charge is -2.20. The number of nitrogens with zero attached hydrogens (tertiary/aromatic N) is 2. The average Bonchev–Trinajstić information content (AvgIpc) is 3.41. The number of benzene rings is 4. The van der Waals surface area contributed by atoms with Crippen LogP contribution in [0.4, 0.5) is 0 Å². The molecule has 0 aliphatic heterocycles. The SMILES string of the molecule is CCCCCC(=NOC(=O)Cc1cccc2ccccc12)C(=O)c1ccc2c(c1)c1cc(C(=O)C3CCCCC3)ccc1n2CC. The van der Waals surface area contributed by atoms with Gasteiger partial charge in [-0.2, -0.15) is 0 Å². The van der Waals surface area contributed by atoms with Gasteiger partial charge in [-0.15, -0.1) is 0 Å². The third-order valence-electron chi connectivity index (χ3n) is 9.46. The van der Waals surface area contributed by atoms with E-state index in [0.717, 1.165) is 95.2 Å². The molecule has 236 valence electrons. The number of rotatable bonds is 12. The summed E-state index contributed by atoms with van der Waals surface area (Å²) in [6.07, 6.45) is 8.53. The van der Waals surface area contributed by atoms with Crippen molar-refractivity contribution in [3.63, 3.8) is 0 Å². The molecule has 4 aromatic carbocycles. The monoisotopic (exact) mass is 614 g/mol. The van der Waals surface area contributed by atoms with Gasteiger partial charge in [0, 0.05) is 45.4 Å². The summed E-state index contributed by atoms with van der Waals surface area (Å²) in [6.45, 7) is 4.97. The molecule has 1 aromatic heterocycles. The number of hydrogen-bond acceptors (Lipinski definition) is 5. The zero-order valence-corrected chi connectivity index (χ0v) is 26.9. The average molecular weight is 615 g/mol. The number of unbranched alkanes of at least 4 members (excludes halogenated alkanes) is 2. The fraction of sp³-hybridized carbons (Fsp3) is 0.350. The summed E-state index contributed by atoms with van der Waals surface area (Å²) in [5.41, 5.74) is 4.39. The van der Waals surface area contributed by atoms with E-state index in [4.69, 9.17) is 4.84 Å². The molecule has 1 fully saturated rings. The van der Waals surface area contributed by atoms with Crippen molar-refractivity contribution in [2.24, 2.45) is 11.1 Å². The van der Waals surface area contributed by atoms with Gasteiger partial charge in [0.25, 0.3) is 0 Å². The molecule has 1 heterocycles. The van der Waals surface area contributed by atoms with Gasteiger partial charge in [0.2, 0.25) is 5.78 Å². The normalized spacial score (nSPS) is 14.3. The first kappa shape index (κ1) is 31.4. The van der Waals surface area contributed by atoms with E-state index in [1.54, 1.807) is 0 Å². The minimum absolute atomic E-state index is 0.0612. The second-order valence-electron chi connectivity index (χ2n) is 12.5. The van der Waals surface area contributed by atoms with Crippen molar-refractivity contribution in [3.8, 4) is 0 Å². The smallest absolute Gasteiger partial charge is 0.339 e. The molecule has 6 nitrogen and oxygen atoms in total. The summed E-state index contributed by atoms with van der Waals surface area (Å²) >= 11 is 0. The first-order valence-corrected chi connectivity index (χ1v) is 16.9. The highest BCUT2D eigenvalue weighted by Crippen LogP contribution is 2.33. The maximum atomic E-state index is 13.9. The van der Waals surface area contributed by atoms with Crippen LogP contribution in [-0.4, -0.2) is 27.8 Å². The summed E-state index contributed by atoms with van der Waals surface area (Å²) < 4.78 is 2.22. The number of aromatic nitrogens is 1. The minimum atomic E-state index is -0.506. The minimum Gasteiger partial charge on any atom is -0.341 e. The molecule has 0 amide bonds. The summed E-state index contributed by atoms with van der Waals surface area (Å²) in [4.78, 5) is 45.7. The number of carbonyl (C=O) groups is 3. The Morgan fingerprint density at radius 1 is 0.783 bits per heavy atom. The number of Topliss-reactive ketones (excluding diaryl/α,β-unsaturated/α-hetero) is 2. The van der Waals surface area contributed by atoms with E-state index in [0.29, 0.717) is 12.0 Å². The summed E-state index contributed by atoms with van der Waals surface area (Å²) in [5, 5.41) is 8.12. The molecule has 0 spiro atoms. The van der Waals surface area contributed by atoms with Gasteiger partial charge in [0.1, 0.15) is 5.71 Å². The summed E-state index contributed by atoms with van der Waals surface area (Å²) in [5.74, 6) is -0.438. The van der Waals surface area contributed by atoms with Crippen molar-refractivity contribution in [1.82, 2.24) is 4.57 Å². The quantitative estimate of drug-likeness (QED) is 0.0461. The zero-order valence-electron chi connectivity index (χ0n) is 26.9. The lowest BCUT2D eigenvalue weighted by Crippen LogP contribution is -2.17. The van der Waals surface area contributed by atoms with Crippen LogP contribution in [0.15, 0.2) is 84.0 Å². The molecule has 5 aromatic rings. The number of aryl methyl sites for hydroxylation is 1. The highest BCUT2D eigenvalue weighted by molar-refractivity contribution is 6.46. The second-order valence-corrected chi connectivity index (χ2v) is 12.5. The molecule has 0 saturated heterocycles. The van der Waals surface area contributed by atoms with Gasteiger partial charge in [0.15, 0.2) is 5.78 Å². The first-order chi connectivity index (χ1) is 22.5. The third kappa shape index (κ3) is 6.53. The van der Waals surface area contributed by atoms with Gasteiger partial charge in [-0.1, -0.05) is 86.6 Å². The molecule has 1 aliphatic rings. The summed E-state index contributed by atoms with van der Waals surface area (Å²) in [7, 11) is 0. The van der Waals surface area contributed by atoms with E-state index < -0.39 is 5.97 Å². The zero-order chi connectivity index (χ0) is 32.0. The Morgan fingerprint density at radius 3 is 2.22 bits per heavy atom. The van der Waals surface area contributed by atoms with E-state index in [9.17, 15) is 14.4 Å². The van der Waals surface area contributed by atoms with Crippen LogP contribution < -0.4 is 0 Å². The molecule has 1 aliphatic carbocycles. The maximum absolute atomic E-state index is 13.9. The molecular formula is C40H42N2O4. The first-order valence-electron chi connectivity index (χ1n) is 16.9. The number of hydrogen-bond donors (Lipinski definition) is 0. The second kappa shape index (κ2) is 14.2. The van der Waals surface area contributed by atoms with Gasteiger partial charge in [-0.3, -0.25) is 9.59 Å². The predicted octanol–water partition coefficient (Wildman–Crippen LogP) is 9.64. The van der Waals surface area contributed by atoms with Crippen LogP contribution in [0.2, 0.25) is 0 Å². The Hall–Kier alpha value is -4.58.